The first-order valence-electron chi connectivity index (χ1n) is 9.95. The van der Waals surface area contributed by atoms with Gasteiger partial charge in [0.15, 0.2) is 6.10 Å². The van der Waals surface area contributed by atoms with Crippen molar-refractivity contribution in [2.75, 3.05) is 48.7 Å². The number of hydrogen-bond acceptors (Lipinski definition) is 6. The van der Waals surface area contributed by atoms with Gasteiger partial charge in [-0.1, -0.05) is 23.7 Å². The number of sulfonamides is 1. The molecule has 2 heterocycles. The van der Waals surface area contributed by atoms with E-state index in [0.717, 1.165) is 10.6 Å². The molecule has 0 aliphatic carbocycles. The summed E-state index contributed by atoms with van der Waals surface area (Å²) in [7, 11) is -3.69. The second-order valence-electron chi connectivity index (χ2n) is 7.45. The molecule has 4 rings (SSSR count). The molecular weight excluding hydrogens is 458 g/mol. The van der Waals surface area contributed by atoms with Crippen molar-refractivity contribution < 1.29 is 27.5 Å². The Morgan fingerprint density at radius 1 is 1.12 bits per heavy atom. The van der Waals surface area contributed by atoms with Crippen LogP contribution >= 0.6 is 11.6 Å². The third-order valence-electron chi connectivity index (χ3n) is 5.20. The molecule has 0 bridgehead atoms. The zero-order valence-electron chi connectivity index (χ0n) is 17.3. The number of morpholine rings is 1. The molecule has 9 nitrogen and oxygen atoms in total. The Balaban J connectivity index is 1.57. The largest absolute Gasteiger partial charge is 0.476 e. The summed E-state index contributed by atoms with van der Waals surface area (Å²) < 4.78 is 36.8. The van der Waals surface area contributed by atoms with Crippen LogP contribution in [0.1, 0.15) is 10.4 Å². The van der Waals surface area contributed by atoms with Gasteiger partial charge in [-0.15, -0.1) is 0 Å². The second-order valence-corrected chi connectivity index (χ2v) is 9.80. The van der Waals surface area contributed by atoms with Crippen molar-refractivity contribution in [2.45, 2.75) is 6.10 Å². The molecule has 1 atom stereocenters. The van der Waals surface area contributed by atoms with Crippen molar-refractivity contribution in [3.63, 3.8) is 0 Å². The molecular formula is C21H22ClN3O6S. The molecule has 2 aromatic carbocycles. The zero-order valence-corrected chi connectivity index (χ0v) is 18.9. The molecule has 0 spiro atoms. The molecule has 0 unspecified atom stereocenters. The topological polar surface area (TPSA) is 105 Å². The maximum atomic E-state index is 13.0. The minimum absolute atomic E-state index is 0.216. The average Bonchev–Trinajstić information content (AvgIpc) is 2.78. The molecule has 0 aromatic heterocycles. The summed E-state index contributed by atoms with van der Waals surface area (Å²) in [4.78, 5) is 27.6. The monoisotopic (exact) mass is 479 g/mol. The Labute approximate surface area is 190 Å². The Kier molecular flexibility index (Phi) is 6.27. The van der Waals surface area contributed by atoms with E-state index in [1.807, 2.05) is 0 Å². The van der Waals surface area contributed by atoms with E-state index in [1.54, 1.807) is 35.2 Å². The van der Waals surface area contributed by atoms with Gasteiger partial charge < -0.3 is 19.7 Å². The fourth-order valence-electron chi connectivity index (χ4n) is 3.60. The van der Waals surface area contributed by atoms with Gasteiger partial charge in [0.25, 0.3) is 11.8 Å². The number of halogens is 1. The van der Waals surface area contributed by atoms with E-state index in [0.29, 0.717) is 42.6 Å². The van der Waals surface area contributed by atoms with Crippen LogP contribution in [-0.2, 0) is 19.6 Å². The van der Waals surface area contributed by atoms with Gasteiger partial charge in [0, 0.05) is 18.1 Å². The van der Waals surface area contributed by atoms with Crippen molar-refractivity contribution in [2.24, 2.45) is 0 Å². The number of carbonyl (C=O) groups is 2. The number of amides is 2. The van der Waals surface area contributed by atoms with Crippen molar-refractivity contribution in [1.82, 2.24) is 4.90 Å². The molecule has 2 aliphatic rings. The zero-order chi connectivity index (χ0) is 22.9. The summed E-state index contributed by atoms with van der Waals surface area (Å²) in [6.45, 7) is 1.63. The molecule has 0 saturated carbocycles. The van der Waals surface area contributed by atoms with Crippen LogP contribution in [0.2, 0.25) is 5.02 Å². The van der Waals surface area contributed by atoms with Crippen molar-refractivity contribution >= 4 is 44.8 Å². The summed E-state index contributed by atoms with van der Waals surface area (Å²) in [5, 5.41) is 3.07. The van der Waals surface area contributed by atoms with Crippen LogP contribution in [0.4, 0.5) is 11.4 Å². The summed E-state index contributed by atoms with van der Waals surface area (Å²) in [6, 6.07) is 11.2. The summed E-state index contributed by atoms with van der Waals surface area (Å²) in [5.74, 6) is -0.558. The first kappa shape index (κ1) is 22.4. The third-order valence-corrected chi connectivity index (χ3v) is 6.58. The van der Waals surface area contributed by atoms with Crippen molar-refractivity contribution in [1.29, 1.82) is 0 Å². The van der Waals surface area contributed by atoms with E-state index < -0.39 is 22.0 Å². The summed E-state index contributed by atoms with van der Waals surface area (Å²) in [6.07, 6.45) is -0.0705. The van der Waals surface area contributed by atoms with Gasteiger partial charge in [0.1, 0.15) is 5.75 Å². The van der Waals surface area contributed by atoms with Gasteiger partial charge in [-0.2, -0.15) is 0 Å². The van der Waals surface area contributed by atoms with Gasteiger partial charge in [0.05, 0.1) is 43.0 Å². The highest BCUT2D eigenvalue weighted by molar-refractivity contribution is 7.92. The Morgan fingerprint density at radius 2 is 1.84 bits per heavy atom. The number of rotatable bonds is 4. The highest BCUT2D eigenvalue weighted by Gasteiger charge is 2.35. The first-order valence-corrected chi connectivity index (χ1v) is 12.2. The number of nitrogens with zero attached hydrogens (tertiary/aromatic N) is 2. The summed E-state index contributed by atoms with van der Waals surface area (Å²) in [5.41, 5.74) is 0.933. The van der Waals surface area contributed by atoms with E-state index in [1.165, 1.54) is 12.1 Å². The molecule has 11 heteroatoms. The predicted octanol–water partition coefficient (Wildman–Crippen LogP) is 1.98. The van der Waals surface area contributed by atoms with Crippen molar-refractivity contribution in [3.05, 3.63) is 53.1 Å². The normalized spacial score (nSPS) is 18.5. The van der Waals surface area contributed by atoms with E-state index in [2.05, 4.69) is 5.32 Å². The highest BCUT2D eigenvalue weighted by atomic mass is 35.5. The van der Waals surface area contributed by atoms with Crippen LogP contribution in [0.15, 0.2) is 42.5 Å². The summed E-state index contributed by atoms with van der Waals surface area (Å²) >= 11 is 6.01. The Bertz CT molecular complexity index is 1150. The van der Waals surface area contributed by atoms with Gasteiger partial charge in [-0.05, 0) is 30.3 Å². The Morgan fingerprint density at radius 3 is 2.56 bits per heavy atom. The third kappa shape index (κ3) is 4.67. The van der Waals surface area contributed by atoms with Gasteiger partial charge in [0.2, 0.25) is 10.0 Å². The quantitative estimate of drug-likeness (QED) is 0.719. The molecule has 32 heavy (non-hydrogen) atoms. The molecule has 2 aromatic rings. The van der Waals surface area contributed by atoms with Crippen LogP contribution in [0.3, 0.4) is 0 Å². The number of carbonyl (C=O) groups excluding carboxylic acids is 2. The minimum Gasteiger partial charge on any atom is -0.476 e. The number of ether oxygens (including phenoxy) is 2. The number of anilines is 2. The first-order chi connectivity index (χ1) is 15.2. The van der Waals surface area contributed by atoms with Gasteiger partial charge in [-0.3, -0.25) is 13.9 Å². The van der Waals surface area contributed by atoms with Crippen molar-refractivity contribution in [3.8, 4) is 5.75 Å². The van der Waals surface area contributed by atoms with E-state index in [9.17, 15) is 18.0 Å². The maximum absolute atomic E-state index is 13.0. The SMILES string of the molecule is CS(=O)(=O)N1C[C@@H](C(=O)Nc2ccccc2C(=O)N2CCOCC2)Oc2ccc(Cl)cc21. The highest BCUT2D eigenvalue weighted by Crippen LogP contribution is 2.37. The molecule has 2 amide bonds. The number of hydrogen-bond donors (Lipinski definition) is 1. The lowest BCUT2D eigenvalue weighted by Gasteiger charge is -2.34. The van der Waals surface area contributed by atoms with Gasteiger partial charge in [-0.25, -0.2) is 8.42 Å². The second kappa shape index (κ2) is 8.97. The number of para-hydroxylation sites is 1. The fourth-order valence-corrected chi connectivity index (χ4v) is 4.68. The molecule has 1 fully saturated rings. The van der Waals surface area contributed by atoms with E-state index in [4.69, 9.17) is 21.1 Å². The fraction of sp³-hybridized carbons (Fsp3) is 0.333. The number of benzene rings is 2. The average molecular weight is 480 g/mol. The lowest BCUT2D eigenvalue weighted by atomic mass is 10.1. The molecule has 170 valence electrons. The number of nitrogens with one attached hydrogen (secondary N) is 1. The molecule has 2 aliphatic heterocycles. The molecule has 0 radical (unpaired) electrons. The number of fused-ring (bicyclic) bond motifs is 1. The molecule has 1 saturated heterocycles. The van der Waals surface area contributed by atoms with E-state index in [-0.39, 0.29) is 23.9 Å². The smallest absolute Gasteiger partial charge is 0.267 e. The lowest BCUT2D eigenvalue weighted by molar-refractivity contribution is -0.122. The van der Waals surface area contributed by atoms with Crippen LogP contribution in [-0.4, -0.2) is 70.3 Å². The predicted molar refractivity (Wildman–Crippen MR) is 120 cm³/mol. The van der Waals surface area contributed by atoms with Crippen LogP contribution in [0.25, 0.3) is 0 Å². The Hall–Kier alpha value is -2.82. The van der Waals surface area contributed by atoms with Crippen LogP contribution in [0.5, 0.6) is 5.75 Å². The minimum atomic E-state index is -3.69. The van der Waals surface area contributed by atoms with Crippen LogP contribution in [0, 0.1) is 0 Å². The standard InChI is InChI=1S/C21H22ClN3O6S/c1-32(28,29)25-13-19(31-18-7-6-14(22)12-17(18)25)20(26)23-16-5-3-2-4-15(16)21(27)24-8-10-30-11-9-24/h2-7,12,19H,8-11,13H2,1H3,(H,23,26)/t19-/m0/s1. The maximum Gasteiger partial charge on any atom is 0.267 e. The van der Waals surface area contributed by atoms with Gasteiger partial charge >= 0.3 is 0 Å². The lowest BCUT2D eigenvalue weighted by Crippen LogP contribution is -2.48. The van der Waals surface area contributed by atoms with E-state index >= 15 is 0 Å². The molecule has 1 N–H and O–H groups in total. The van der Waals surface area contributed by atoms with Crippen LogP contribution < -0.4 is 14.4 Å².